The summed E-state index contributed by atoms with van der Waals surface area (Å²) in [5.41, 5.74) is 6.35. The molecule has 1 unspecified atom stereocenters. The largest absolute Gasteiger partial charge is 0.369 e. The van der Waals surface area contributed by atoms with Gasteiger partial charge in [0.25, 0.3) is 0 Å². The van der Waals surface area contributed by atoms with Crippen molar-refractivity contribution in [3.8, 4) is 0 Å². The molecule has 2 N–H and O–H groups in total. The van der Waals surface area contributed by atoms with E-state index in [1.807, 2.05) is 24.3 Å². The summed E-state index contributed by atoms with van der Waals surface area (Å²) in [6.45, 7) is 0. The number of benzene rings is 1. The molecular weight excluding hydrogens is 170 g/mol. The monoisotopic (exact) mass is 179 g/mol. The van der Waals surface area contributed by atoms with E-state index < -0.39 is 0 Å². The molecule has 1 heterocycles. The van der Waals surface area contributed by atoms with Gasteiger partial charge in [0.05, 0.1) is 5.92 Å². The highest BCUT2D eigenvalue weighted by molar-refractivity contribution is 7.99. The van der Waals surface area contributed by atoms with Crippen molar-refractivity contribution < 1.29 is 4.79 Å². The van der Waals surface area contributed by atoms with Crippen molar-refractivity contribution in [2.75, 3.05) is 5.75 Å². The highest BCUT2D eigenvalue weighted by Gasteiger charge is 2.26. The molecule has 1 aromatic rings. The summed E-state index contributed by atoms with van der Waals surface area (Å²) >= 11 is 1.70. The third kappa shape index (κ3) is 1.10. The summed E-state index contributed by atoms with van der Waals surface area (Å²) in [5.74, 6) is 0.507. The Balaban J connectivity index is 2.42. The lowest BCUT2D eigenvalue weighted by atomic mass is 10.0. The Morgan fingerprint density at radius 1 is 1.50 bits per heavy atom. The molecule has 2 nitrogen and oxygen atoms in total. The van der Waals surface area contributed by atoms with Crippen LogP contribution in [0, 0.1) is 0 Å². The van der Waals surface area contributed by atoms with Crippen LogP contribution in [0.15, 0.2) is 29.2 Å². The number of thioether (sulfide) groups is 1. The first-order chi connectivity index (χ1) is 5.79. The third-order valence-electron chi connectivity index (χ3n) is 2.04. The van der Waals surface area contributed by atoms with E-state index >= 15 is 0 Å². The highest BCUT2D eigenvalue weighted by Crippen LogP contribution is 2.38. The lowest BCUT2D eigenvalue weighted by molar-refractivity contribution is -0.118. The van der Waals surface area contributed by atoms with Crippen LogP contribution in [0.3, 0.4) is 0 Å². The number of hydrogen-bond donors (Lipinski definition) is 1. The molecule has 0 aliphatic carbocycles. The normalized spacial score (nSPS) is 20.5. The molecule has 1 aliphatic rings. The molecule has 0 aromatic heterocycles. The zero-order valence-electron chi connectivity index (χ0n) is 6.49. The van der Waals surface area contributed by atoms with Crippen LogP contribution in [0.4, 0.5) is 0 Å². The molecule has 1 amide bonds. The number of carbonyl (C=O) groups excluding carboxylic acids is 1. The molecule has 0 spiro atoms. The maximum Gasteiger partial charge on any atom is 0.225 e. The first kappa shape index (κ1) is 7.68. The van der Waals surface area contributed by atoms with Gasteiger partial charge in [-0.1, -0.05) is 18.2 Å². The van der Waals surface area contributed by atoms with E-state index in [1.165, 1.54) is 4.90 Å². The Morgan fingerprint density at radius 3 is 3.00 bits per heavy atom. The van der Waals surface area contributed by atoms with Gasteiger partial charge in [0.2, 0.25) is 5.91 Å². The predicted octanol–water partition coefficient (Wildman–Crippen LogP) is 1.36. The van der Waals surface area contributed by atoms with Crippen molar-refractivity contribution in [3.05, 3.63) is 29.8 Å². The van der Waals surface area contributed by atoms with Gasteiger partial charge in [-0.15, -0.1) is 11.8 Å². The van der Waals surface area contributed by atoms with Crippen LogP contribution < -0.4 is 5.73 Å². The molecule has 0 bridgehead atoms. The standard InChI is InChI=1S/C9H9NOS/c10-9(11)7-5-12-8-4-2-1-3-6(7)8/h1-4,7H,5H2,(H2,10,11). The third-order valence-corrected chi connectivity index (χ3v) is 3.23. The minimum atomic E-state index is -0.215. The fourth-order valence-electron chi connectivity index (χ4n) is 1.40. The molecule has 0 radical (unpaired) electrons. The molecular formula is C9H9NOS. The van der Waals surface area contributed by atoms with E-state index in [9.17, 15) is 4.79 Å². The van der Waals surface area contributed by atoms with Gasteiger partial charge < -0.3 is 5.73 Å². The second-order valence-corrected chi connectivity index (χ2v) is 3.87. The van der Waals surface area contributed by atoms with Gasteiger partial charge in [0, 0.05) is 10.6 Å². The number of carbonyl (C=O) groups is 1. The Bertz CT molecular complexity index is 324. The van der Waals surface area contributed by atoms with Gasteiger partial charge in [0.15, 0.2) is 0 Å². The fraction of sp³-hybridized carbons (Fsp3) is 0.222. The number of nitrogens with two attached hydrogens (primary N) is 1. The van der Waals surface area contributed by atoms with E-state index in [4.69, 9.17) is 5.73 Å². The summed E-state index contributed by atoms with van der Waals surface area (Å²) in [6.07, 6.45) is 0. The number of amides is 1. The van der Waals surface area contributed by atoms with E-state index in [2.05, 4.69) is 0 Å². The highest BCUT2D eigenvalue weighted by atomic mass is 32.2. The second kappa shape index (κ2) is 2.83. The minimum absolute atomic E-state index is 0.0776. The number of primary amides is 1. The van der Waals surface area contributed by atoms with Gasteiger partial charge in [-0.05, 0) is 11.6 Å². The van der Waals surface area contributed by atoms with Gasteiger partial charge in [0.1, 0.15) is 0 Å². The summed E-state index contributed by atoms with van der Waals surface area (Å²) in [4.78, 5) is 12.2. The van der Waals surface area contributed by atoms with Gasteiger partial charge in [-0.2, -0.15) is 0 Å². The first-order valence-electron chi connectivity index (χ1n) is 3.80. The maximum atomic E-state index is 11.0. The van der Waals surface area contributed by atoms with Crippen LogP contribution in [0.5, 0.6) is 0 Å². The number of hydrogen-bond acceptors (Lipinski definition) is 2. The van der Waals surface area contributed by atoms with Crippen molar-refractivity contribution in [1.29, 1.82) is 0 Å². The van der Waals surface area contributed by atoms with Crippen molar-refractivity contribution in [2.24, 2.45) is 5.73 Å². The molecule has 62 valence electrons. The lowest BCUT2D eigenvalue weighted by Crippen LogP contribution is -2.20. The molecule has 1 aliphatic heterocycles. The summed E-state index contributed by atoms with van der Waals surface area (Å²) in [5, 5.41) is 0. The topological polar surface area (TPSA) is 43.1 Å². The zero-order valence-corrected chi connectivity index (χ0v) is 7.30. The Hall–Kier alpha value is -0.960. The molecule has 3 heteroatoms. The van der Waals surface area contributed by atoms with Gasteiger partial charge in [-0.25, -0.2) is 0 Å². The van der Waals surface area contributed by atoms with Crippen molar-refractivity contribution in [3.63, 3.8) is 0 Å². The van der Waals surface area contributed by atoms with Crippen molar-refractivity contribution in [1.82, 2.24) is 0 Å². The maximum absolute atomic E-state index is 11.0. The molecule has 0 saturated heterocycles. The van der Waals surface area contributed by atoms with Gasteiger partial charge >= 0.3 is 0 Å². The minimum Gasteiger partial charge on any atom is -0.369 e. The van der Waals surface area contributed by atoms with Crippen molar-refractivity contribution >= 4 is 17.7 Å². The van der Waals surface area contributed by atoms with Crippen LogP contribution in [0.25, 0.3) is 0 Å². The second-order valence-electron chi connectivity index (χ2n) is 2.80. The van der Waals surface area contributed by atoms with Crippen LogP contribution in [0.2, 0.25) is 0 Å². The summed E-state index contributed by atoms with van der Waals surface area (Å²) in [7, 11) is 0. The van der Waals surface area contributed by atoms with Crippen molar-refractivity contribution in [2.45, 2.75) is 10.8 Å². The number of fused-ring (bicyclic) bond motifs is 1. The zero-order chi connectivity index (χ0) is 8.55. The molecule has 1 aromatic carbocycles. The molecule has 0 fully saturated rings. The SMILES string of the molecule is NC(=O)C1CSc2ccccc21. The van der Waals surface area contributed by atoms with E-state index in [-0.39, 0.29) is 11.8 Å². The van der Waals surface area contributed by atoms with Crippen LogP contribution in [-0.4, -0.2) is 11.7 Å². The average molecular weight is 179 g/mol. The number of rotatable bonds is 1. The Morgan fingerprint density at radius 2 is 2.25 bits per heavy atom. The van der Waals surface area contributed by atoms with Crippen LogP contribution >= 0.6 is 11.8 Å². The molecule has 1 atom stereocenters. The molecule has 2 rings (SSSR count). The average Bonchev–Trinajstić information content (AvgIpc) is 2.47. The van der Waals surface area contributed by atoms with Gasteiger partial charge in [-0.3, -0.25) is 4.79 Å². The smallest absolute Gasteiger partial charge is 0.225 e. The van der Waals surface area contributed by atoms with Crippen LogP contribution in [-0.2, 0) is 4.79 Å². The Labute approximate surface area is 75.1 Å². The quantitative estimate of drug-likeness (QED) is 0.707. The first-order valence-corrected chi connectivity index (χ1v) is 4.78. The van der Waals surface area contributed by atoms with E-state index in [0.29, 0.717) is 0 Å². The predicted molar refractivity (Wildman–Crippen MR) is 49.1 cm³/mol. The molecule has 12 heavy (non-hydrogen) atoms. The fourth-order valence-corrected chi connectivity index (χ4v) is 2.64. The van der Waals surface area contributed by atoms with Crippen LogP contribution in [0.1, 0.15) is 11.5 Å². The summed E-state index contributed by atoms with van der Waals surface area (Å²) < 4.78 is 0. The van der Waals surface area contributed by atoms with E-state index in [0.717, 1.165) is 11.3 Å². The lowest BCUT2D eigenvalue weighted by Gasteiger charge is -2.03. The van der Waals surface area contributed by atoms with E-state index in [1.54, 1.807) is 11.8 Å². The molecule has 0 saturated carbocycles. The Kier molecular flexibility index (Phi) is 1.81. The summed E-state index contributed by atoms with van der Waals surface area (Å²) in [6, 6.07) is 7.93.